The number of carbonyl (C=O) groups is 1. The Balaban J connectivity index is 1.89. The van der Waals surface area contributed by atoms with Gasteiger partial charge in [-0.1, -0.05) is 0 Å². The molecular weight excluding hydrogens is 414 g/mol. The van der Waals surface area contributed by atoms with E-state index in [1.165, 1.54) is 0 Å². The average molecular weight is 442 g/mol. The zero-order valence-electron chi connectivity index (χ0n) is 16.5. The molecule has 1 saturated heterocycles. The molecule has 0 atom stereocenters. The van der Waals surface area contributed by atoms with Crippen molar-refractivity contribution in [3.05, 3.63) is 10.7 Å². The number of guanidine groups is 1. The molecule has 0 unspecified atom stereocenters. The van der Waals surface area contributed by atoms with E-state index in [-0.39, 0.29) is 18.0 Å². The summed E-state index contributed by atoms with van der Waals surface area (Å²) in [5, 5.41) is 6.06. The summed E-state index contributed by atoms with van der Waals surface area (Å²) < 4.78 is 5.97. The molecule has 1 aromatic heterocycles. The number of nitrogens with zero attached hydrogens (tertiary/aromatic N) is 5. The highest BCUT2D eigenvalue weighted by Crippen LogP contribution is 2.23. The predicted octanol–water partition coefficient (Wildman–Crippen LogP) is 0.860. The van der Waals surface area contributed by atoms with Crippen LogP contribution >= 0.6 is 15.9 Å². The Morgan fingerprint density at radius 3 is 2.56 bits per heavy atom. The SMILES string of the molecule is CN=C(NCC(=O)NC(C)(C)C)N1CCN(c2ncc(Br)c(OC)n2)CC1. The lowest BCUT2D eigenvalue weighted by molar-refractivity contribution is -0.121. The molecule has 0 radical (unpaired) electrons. The Morgan fingerprint density at radius 1 is 1.33 bits per heavy atom. The molecule has 1 aliphatic rings. The minimum Gasteiger partial charge on any atom is -0.480 e. The van der Waals surface area contributed by atoms with Gasteiger partial charge in [0.15, 0.2) is 5.96 Å². The van der Waals surface area contributed by atoms with Gasteiger partial charge >= 0.3 is 0 Å². The highest BCUT2D eigenvalue weighted by Gasteiger charge is 2.23. The fourth-order valence-electron chi connectivity index (χ4n) is 2.71. The number of aliphatic imine (C=N–C) groups is 1. The van der Waals surface area contributed by atoms with Crippen LogP contribution in [0.4, 0.5) is 5.95 Å². The van der Waals surface area contributed by atoms with E-state index >= 15 is 0 Å². The van der Waals surface area contributed by atoms with E-state index in [0.717, 1.165) is 30.7 Å². The van der Waals surface area contributed by atoms with Crippen molar-refractivity contribution in [2.75, 3.05) is 51.8 Å². The standard InChI is InChI=1S/C17H28BrN7O2/c1-17(2,3)23-13(26)11-21-15(19-4)24-6-8-25(9-7-24)16-20-10-12(18)14(22-16)27-5/h10H,6-9,11H2,1-5H3,(H,19,21)(H,23,26). The van der Waals surface area contributed by atoms with Crippen LogP contribution in [0.2, 0.25) is 0 Å². The Kier molecular flexibility index (Phi) is 7.23. The van der Waals surface area contributed by atoms with E-state index in [0.29, 0.717) is 17.8 Å². The van der Waals surface area contributed by atoms with Crippen LogP contribution in [0.3, 0.4) is 0 Å². The average Bonchev–Trinajstić information content (AvgIpc) is 2.62. The van der Waals surface area contributed by atoms with Crippen LogP contribution in [0.15, 0.2) is 15.7 Å². The molecule has 1 fully saturated rings. The van der Waals surface area contributed by atoms with Crippen LogP contribution in [0.1, 0.15) is 20.8 Å². The van der Waals surface area contributed by atoms with E-state index in [4.69, 9.17) is 4.74 Å². The highest BCUT2D eigenvalue weighted by molar-refractivity contribution is 9.10. The Hall–Kier alpha value is -2.10. The van der Waals surface area contributed by atoms with Crippen LogP contribution in [-0.4, -0.2) is 79.2 Å². The maximum absolute atomic E-state index is 12.0. The Morgan fingerprint density at radius 2 is 2.00 bits per heavy atom. The van der Waals surface area contributed by atoms with Crippen molar-refractivity contribution in [1.29, 1.82) is 0 Å². The van der Waals surface area contributed by atoms with Crippen molar-refractivity contribution in [3.8, 4) is 5.88 Å². The third kappa shape index (κ3) is 6.23. The summed E-state index contributed by atoms with van der Waals surface area (Å²) in [6, 6.07) is 0. The molecule has 0 saturated carbocycles. The Labute approximate surface area is 168 Å². The number of hydrogen-bond donors (Lipinski definition) is 2. The van der Waals surface area contributed by atoms with Crippen molar-refractivity contribution in [2.45, 2.75) is 26.3 Å². The molecule has 0 bridgehead atoms. The number of ether oxygens (including phenoxy) is 1. The summed E-state index contributed by atoms with van der Waals surface area (Å²) in [7, 11) is 3.30. The van der Waals surface area contributed by atoms with Gasteiger partial charge in [0.1, 0.15) is 0 Å². The fraction of sp³-hybridized carbons (Fsp3) is 0.647. The first-order valence-electron chi connectivity index (χ1n) is 8.81. The molecule has 27 heavy (non-hydrogen) atoms. The molecule has 1 amide bonds. The van der Waals surface area contributed by atoms with E-state index in [9.17, 15) is 4.79 Å². The lowest BCUT2D eigenvalue weighted by atomic mass is 10.1. The van der Waals surface area contributed by atoms with Crippen LogP contribution in [0, 0.1) is 0 Å². The van der Waals surface area contributed by atoms with Gasteiger partial charge in [0.05, 0.1) is 24.3 Å². The van der Waals surface area contributed by atoms with Gasteiger partial charge in [0, 0.05) is 38.8 Å². The van der Waals surface area contributed by atoms with E-state index in [2.05, 4.69) is 51.3 Å². The number of nitrogens with one attached hydrogen (secondary N) is 2. The molecule has 10 heteroatoms. The quantitative estimate of drug-likeness (QED) is 0.528. The highest BCUT2D eigenvalue weighted by atomic mass is 79.9. The summed E-state index contributed by atoms with van der Waals surface area (Å²) >= 11 is 3.37. The molecule has 2 rings (SSSR count). The van der Waals surface area contributed by atoms with E-state index in [1.54, 1.807) is 20.4 Å². The van der Waals surface area contributed by atoms with Crippen LogP contribution in [0.5, 0.6) is 5.88 Å². The summed E-state index contributed by atoms with van der Waals surface area (Å²) in [5.74, 6) is 1.82. The third-order valence-electron chi connectivity index (χ3n) is 3.89. The number of methoxy groups -OCH3 is 1. The molecule has 2 heterocycles. The Bertz CT molecular complexity index is 682. The third-order valence-corrected chi connectivity index (χ3v) is 4.43. The fourth-order valence-corrected chi connectivity index (χ4v) is 3.06. The minimum absolute atomic E-state index is 0.0577. The lowest BCUT2D eigenvalue weighted by Crippen LogP contribution is -2.54. The maximum Gasteiger partial charge on any atom is 0.239 e. The first-order valence-corrected chi connectivity index (χ1v) is 9.61. The second-order valence-corrected chi connectivity index (χ2v) is 8.05. The predicted molar refractivity (Wildman–Crippen MR) is 109 cm³/mol. The van der Waals surface area contributed by atoms with Crippen LogP contribution in [0.25, 0.3) is 0 Å². The number of piperazine rings is 1. The summed E-state index contributed by atoms with van der Waals surface area (Å²) in [6.45, 7) is 9.07. The van der Waals surface area contributed by atoms with Crippen molar-refractivity contribution < 1.29 is 9.53 Å². The molecule has 0 aromatic carbocycles. The number of rotatable bonds is 4. The number of hydrogen-bond acceptors (Lipinski definition) is 6. The van der Waals surface area contributed by atoms with Gasteiger partial charge in [0.25, 0.3) is 0 Å². The first kappa shape index (κ1) is 21.2. The van der Waals surface area contributed by atoms with Crippen molar-refractivity contribution in [2.24, 2.45) is 4.99 Å². The lowest BCUT2D eigenvalue weighted by Gasteiger charge is -2.36. The molecule has 9 nitrogen and oxygen atoms in total. The number of anilines is 1. The van der Waals surface area contributed by atoms with Gasteiger partial charge in [-0.15, -0.1) is 0 Å². The second-order valence-electron chi connectivity index (χ2n) is 7.20. The molecule has 150 valence electrons. The number of carbonyl (C=O) groups excluding carboxylic acids is 1. The van der Waals surface area contributed by atoms with Gasteiger partial charge in [0.2, 0.25) is 17.7 Å². The molecular formula is C17H28BrN7O2. The number of amides is 1. The second kappa shape index (κ2) is 9.20. The molecule has 1 aliphatic heterocycles. The van der Waals surface area contributed by atoms with Crippen molar-refractivity contribution >= 4 is 33.7 Å². The topological polar surface area (TPSA) is 95.0 Å². The summed E-state index contributed by atoms with van der Waals surface area (Å²) in [6.07, 6.45) is 1.70. The minimum atomic E-state index is -0.250. The summed E-state index contributed by atoms with van der Waals surface area (Å²) in [5.41, 5.74) is -0.250. The summed E-state index contributed by atoms with van der Waals surface area (Å²) in [4.78, 5) is 29.3. The molecule has 0 spiro atoms. The normalized spacial score (nSPS) is 15.6. The first-order chi connectivity index (χ1) is 12.7. The monoisotopic (exact) mass is 441 g/mol. The largest absolute Gasteiger partial charge is 0.480 e. The van der Waals surface area contributed by atoms with Gasteiger partial charge < -0.3 is 25.2 Å². The zero-order chi connectivity index (χ0) is 20.0. The number of halogens is 1. The van der Waals surface area contributed by atoms with Crippen molar-refractivity contribution in [3.63, 3.8) is 0 Å². The maximum atomic E-state index is 12.0. The molecule has 1 aromatic rings. The van der Waals surface area contributed by atoms with Crippen LogP contribution < -0.4 is 20.3 Å². The van der Waals surface area contributed by atoms with Gasteiger partial charge in [-0.25, -0.2) is 4.98 Å². The van der Waals surface area contributed by atoms with Gasteiger partial charge in [-0.2, -0.15) is 4.98 Å². The van der Waals surface area contributed by atoms with E-state index < -0.39 is 0 Å². The number of aromatic nitrogens is 2. The van der Waals surface area contributed by atoms with E-state index in [1.807, 2.05) is 20.8 Å². The van der Waals surface area contributed by atoms with Crippen LogP contribution in [-0.2, 0) is 4.79 Å². The molecule has 0 aliphatic carbocycles. The van der Waals surface area contributed by atoms with Gasteiger partial charge in [-0.05, 0) is 36.7 Å². The molecule has 2 N–H and O–H groups in total. The van der Waals surface area contributed by atoms with Gasteiger partial charge in [-0.3, -0.25) is 9.79 Å². The smallest absolute Gasteiger partial charge is 0.239 e. The zero-order valence-corrected chi connectivity index (χ0v) is 18.1. The van der Waals surface area contributed by atoms with Crippen molar-refractivity contribution in [1.82, 2.24) is 25.5 Å².